The average Bonchev–Trinajstić information content (AvgIpc) is 2.75. The van der Waals surface area contributed by atoms with E-state index in [4.69, 9.17) is 11.6 Å². The quantitative estimate of drug-likeness (QED) is 0.888. The third-order valence-electron chi connectivity index (χ3n) is 3.38. The lowest BCUT2D eigenvalue weighted by atomic mass is 10.1. The molecule has 0 aliphatic heterocycles. The van der Waals surface area contributed by atoms with E-state index in [-0.39, 0.29) is 5.82 Å². The maximum absolute atomic E-state index is 13.4. The van der Waals surface area contributed by atoms with Crippen molar-refractivity contribution in [2.75, 3.05) is 11.9 Å². The Morgan fingerprint density at radius 2 is 2.22 bits per heavy atom. The summed E-state index contributed by atoms with van der Waals surface area (Å²) in [5, 5.41) is 4.65. The largest absolute Gasteiger partial charge is 0.384 e. The molecule has 94 valence electrons. The lowest BCUT2D eigenvalue weighted by molar-refractivity contribution is 0.629. The van der Waals surface area contributed by atoms with Crippen LogP contribution in [0.4, 0.5) is 10.1 Å². The molecule has 0 atom stereocenters. The zero-order valence-corrected chi connectivity index (χ0v) is 10.9. The molecule has 4 heteroatoms. The highest BCUT2D eigenvalue weighted by Gasteiger charge is 2.21. The van der Waals surface area contributed by atoms with Crippen molar-refractivity contribution in [3.8, 4) is 0 Å². The van der Waals surface area contributed by atoms with E-state index in [0.717, 1.165) is 42.6 Å². The highest BCUT2D eigenvalue weighted by Crippen LogP contribution is 2.37. The summed E-state index contributed by atoms with van der Waals surface area (Å²) in [4.78, 5) is 4.56. The zero-order chi connectivity index (χ0) is 12.7. The van der Waals surface area contributed by atoms with Crippen LogP contribution >= 0.6 is 11.6 Å². The van der Waals surface area contributed by atoms with Gasteiger partial charge in [-0.25, -0.2) is 4.39 Å². The molecule has 1 aliphatic carbocycles. The Kier molecular flexibility index (Phi) is 2.86. The number of halogens is 2. The molecule has 0 spiro atoms. The van der Waals surface area contributed by atoms with Crippen LogP contribution in [0.15, 0.2) is 12.1 Å². The molecule has 18 heavy (non-hydrogen) atoms. The van der Waals surface area contributed by atoms with Crippen LogP contribution in [0.2, 0.25) is 5.02 Å². The van der Waals surface area contributed by atoms with Gasteiger partial charge >= 0.3 is 0 Å². The van der Waals surface area contributed by atoms with Gasteiger partial charge in [-0.3, -0.25) is 4.98 Å². The van der Waals surface area contributed by atoms with E-state index in [1.807, 2.05) is 6.92 Å². The molecular formula is C14H14ClFN2. The van der Waals surface area contributed by atoms with Gasteiger partial charge in [0.1, 0.15) is 5.82 Å². The molecule has 0 bridgehead atoms. The molecule has 2 nitrogen and oxygen atoms in total. The Bertz CT molecular complexity index is 625. The Morgan fingerprint density at radius 3 is 3.00 bits per heavy atom. The Hall–Kier alpha value is -1.35. The van der Waals surface area contributed by atoms with E-state index in [9.17, 15) is 4.39 Å². The molecule has 1 aromatic carbocycles. The molecule has 0 saturated heterocycles. The van der Waals surface area contributed by atoms with Crippen LogP contribution in [0.3, 0.4) is 0 Å². The minimum atomic E-state index is -0.333. The molecule has 1 N–H and O–H groups in total. The maximum Gasteiger partial charge on any atom is 0.126 e. The van der Waals surface area contributed by atoms with Crippen molar-refractivity contribution in [1.29, 1.82) is 0 Å². The molecule has 0 amide bonds. The van der Waals surface area contributed by atoms with E-state index < -0.39 is 0 Å². The molecule has 1 aromatic heterocycles. The third-order valence-corrected chi connectivity index (χ3v) is 3.68. The third kappa shape index (κ3) is 1.74. The van der Waals surface area contributed by atoms with Crippen molar-refractivity contribution in [3.05, 3.63) is 34.2 Å². The molecule has 1 aliphatic rings. The van der Waals surface area contributed by atoms with Gasteiger partial charge in [-0.1, -0.05) is 11.6 Å². The van der Waals surface area contributed by atoms with Gasteiger partial charge in [-0.15, -0.1) is 0 Å². The van der Waals surface area contributed by atoms with E-state index in [1.165, 1.54) is 17.7 Å². The highest BCUT2D eigenvalue weighted by molar-refractivity contribution is 6.36. The number of benzene rings is 1. The summed E-state index contributed by atoms with van der Waals surface area (Å²) in [6.07, 6.45) is 3.10. The monoisotopic (exact) mass is 264 g/mol. The number of nitrogens with zero attached hydrogens (tertiary/aromatic N) is 1. The number of hydrogen-bond donors (Lipinski definition) is 1. The fourth-order valence-corrected chi connectivity index (χ4v) is 2.98. The van der Waals surface area contributed by atoms with Gasteiger partial charge in [0.15, 0.2) is 0 Å². The van der Waals surface area contributed by atoms with Gasteiger partial charge in [-0.05, 0) is 37.8 Å². The first-order chi connectivity index (χ1) is 8.70. The summed E-state index contributed by atoms with van der Waals surface area (Å²) in [5.74, 6) is -0.333. The summed E-state index contributed by atoms with van der Waals surface area (Å²) in [7, 11) is 0. The fraction of sp³-hybridized carbons (Fsp3) is 0.357. The van der Waals surface area contributed by atoms with Crippen LogP contribution in [0.5, 0.6) is 0 Å². The zero-order valence-electron chi connectivity index (χ0n) is 10.2. The summed E-state index contributed by atoms with van der Waals surface area (Å²) in [5.41, 5.74) is 4.02. The number of rotatable bonds is 2. The van der Waals surface area contributed by atoms with Crippen LogP contribution in [0, 0.1) is 5.82 Å². The molecule has 1 heterocycles. The first-order valence-electron chi connectivity index (χ1n) is 6.25. The number of aryl methyl sites for hydroxylation is 1. The Morgan fingerprint density at radius 1 is 1.39 bits per heavy atom. The number of nitrogens with one attached hydrogen (secondary N) is 1. The Balaban J connectivity index is 2.38. The summed E-state index contributed by atoms with van der Waals surface area (Å²) >= 11 is 6.18. The second kappa shape index (κ2) is 4.39. The van der Waals surface area contributed by atoms with Crippen molar-refractivity contribution < 1.29 is 4.39 Å². The van der Waals surface area contributed by atoms with Gasteiger partial charge in [0.2, 0.25) is 0 Å². The summed E-state index contributed by atoms with van der Waals surface area (Å²) in [6.45, 7) is 2.87. The number of pyridine rings is 1. The SMILES string of the molecule is CCNc1c2c(nc3cc(F)cc(Cl)c13)CCC2. The standard InChI is InChI=1S/C14H14ClFN2/c1-2-17-14-9-4-3-5-11(9)18-12-7-8(16)6-10(15)13(12)14/h6-7H,2-5H2,1H3,(H,17,18). The maximum atomic E-state index is 13.4. The summed E-state index contributed by atoms with van der Waals surface area (Å²) < 4.78 is 13.4. The number of anilines is 1. The lowest BCUT2D eigenvalue weighted by Gasteiger charge is -2.14. The van der Waals surface area contributed by atoms with Gasteiger partial charge in [0.25, 0.3) is 0 Å². The van der Waals surface area contributed by atoms with E-state index in [1.54, 1.807) is 0 Å². The van der Waals surface area contributed by atoms with Crippen molar-refractivity contribution in [3.63, 3.8) is 0 Å². The molecule has 3 rings (SSSR count). The van der Waals surface area contributed by atoms with Crippen molar-refractivity contribution in [2.45, 2.75) is 26.2 Å². The highest BCUT2D eigenvalue weighted by atomic mass is 35.5. The number of hydrogen-bond acceptors (Lipinski definition) is 2. The van der Waals surface area contributed by atoms with Gasteiger partial charge in [0.05, 0.1) is 16.2 Å². The van der Waals surface area contributed by atoms with Crippen LogP contribution in [-0.4, -0.2) is 11.5 Å². The predicted molar refractivity (Wildman–Crippen MR) is 72.9 cm³/mol. The minimum Gasteiger partial charge on any atom is -0.384 e. The molecule has 0 radical (unpaired) electrons. The molecular weight excluding hydrogens is 251 g/mol. The second-order valence-corrected chi connectivity index (χ2v) is 4.98. The van der Waals surface area contributed by atoms with Crippen molar-refractivity contribution in [2.24, 2.45) is 0 Å². The summed E-state index contributed by atoms with van der Waals surface area (Å²) in [6, 6.07) is 2.81. The molecule has 2 aromatic rings. The first kappa shape index (κ1) is 11.7. The van der Waals surface area contributed by atoms with Crippen LogP contribution in [0.25, 0.3) is 10.9 Å². The van der Waals surface area contributed by atoms with Crippen LogP contribution in [0.1, 0.15) is 24.6 Å². The lowest BCUT2D eigenvalue weighted by Crippen LogP contribution is -2.04. The van der Waals surface area contributed by atoms with Crippen LogP contribution < -0.4 is 5.32 Å². The fourth-order valence-electron chi connectivity index (χ4n) is 2.68. The number of fused-ring (bicyclic) bond motifs is 2. The topological polar surface area (TPSA) is 24.9 Å². The minimum absolute atomic E-state index is 0.333. The predicted octanol–water partition coefficient (Wildman–Crippen LogP) is 3.95. The smallest absolute Gasteiger partial charge is 0.126 e. The van der Waals surface area contributed by atoms with Gasteiger partial charge in [0, 0.05) is 23.7 Å². The van der Waals surface area contributed by atoms with E-state index >= 15 is 0 Å². The van der Waals surface area contributed by atoms with E-state index in [2.05, 4.69) is 10.3 Å². The first-order valence-corrected chi connectivity index (χ1v) is 6.63. The average molecular weight is 265 g/mol. The van der Waals surface area contributed by atoms with Crippen LogP contribution in [-0.2, 0) is 12.8 Å². The van der Waals surface area contributed by atoms with Crippen molar-refractivity contribution >= 4 is 28.2 Å². The molecule has 0 unspecified atom stereocenters. The number of aromatic nitrogens is 1. The Labute approximate surface area is 110 Å². The van der Waals surface area contributed by atoms with Crippen molar-refractivity contribution in [1.82, 2.24) is 4.98 Å². The second-order valence-electron chi connectivity index (χ2n) is 4.58. The normalized spacial score (nSPS) is 13.9. The van der Waals surface area contributed by atoms with E-state index in [0.29, 0.717) is 10.5 Å². The molecule has 0 fully saturated rings. The molecule has 0 saturated carbocycles. The van der Waals surface area contributed by atoms with Gasteiger partial charge in [-0.2, -0.15) is 0 Å². The van der Waals surface area contributed by atoms with Gasteiger partial charge < -0.3 is 5.32 Å².